The summed E-state index contributed by atoms with van der Waals surface area (Å²) >= 11 is 9.62. The summed E-state index contributed by atoms with van der Waals surface area (Å²) in [5.41, 5.74) is 4.01. The molecule has 0 radical (unpaired) electrons. The minimum absolute atomic E-state index is 0.178. The van der Waals surface area contributed by atoms with Gasteiger partial charge in [0.25, 0.3) is 0 Å². The molecule has 0 bridgehead atoms. The molecule has 0 aliphatic heterocycles. The molecular formula is C20H19BrClN5O2S. The molecule has 0 unspecified atom stereocenters. The molecule has 3 aromatic rings. The second kappa shape index (κ2) is 9.55. The van der Waals surface area contributed by atoms with Gasteiger partial charge in [0.2, 0.25) is 5.95 Å². The fourth-order valence-corrected chi connectivity index (χ4v) is 4.22. The number of hydrogen-bond acceptors (Lipinski definition) is 7. The molecule has 0 amide bonds. The Morgan fingerprint density at radius 2 is 1.93 bits per heavy atom. The van der Waals surface area contributed by atoms with Crippen molar-refractivity contribution in [3.8, 4) is 0 Å². The predicted octanol–water partition coefficient (Wildman–Crippen LogP) is 5.26. The minimum Gasteiger partial charge on any atom is -0.338 e. The summed E-state index contributed by atoms with van der Waals surface area (Å²) in [5.74, 6) is 0.468. The second-order valence-corrected chi connectivity index (χ2v) is 10.3. The van der Waals surface area contributed by atoms with Crippen LogP contribution in [0.25, 0.3) is 0 Å². The van der Waals surface area contributed by atoms with E-state index in [2.05, 4.69) is 41.7 Å². The van der Waals surface area contributed by atoms with Gasteiger partial charge in [-0.3, -0.25) is 0 Å². The Morgan fingerprint density at radius 3 is 2.67 bits per heavy atom. The monoisotopic (exact) mass is 507 g/mol. The van der Waals surface area contributed by atoms with Crippen molar-refractivity contribution in [2.75, 3.05) is 10.7 Å². The molecule has 0 spiro atoms. The van der Waals surface area contributed by atoms with Crippen molar-refractivity contribution in [2.24, 2.45) is 5.10 Å². The summed E-state index contributed by atoms with van der Waals surface area (Å²) in [4.78, 5) is 8.57. The van der Waals surface area contributed by atoms with Gasteiger partial charge in [0.1, 0.15) is 5.02 Å². The molecule has 0 aliphatic rings. The lowest BCUT2D eigenvalue weighted by atomic mass is 10.2. The molecule has 0 saturated heterocycles. The van der Waals surface area contributed by atoms with E-state index in [1.165, 1.54) is 6.20 Å². The fourth-order valence-electron chi connectivity index (χ4n) is 2.46. The number of nitrogens with one attached hydrogen (secondary N) is 2. The minimum atomic E-state index is -3.49. The average Bonchev–Trinajstić information content (AvgIpc) is 2.70. The van der Waals surface area contributed by atoms with Gasteiger partial charge in [-0.15, -0.1) is 0 Å². The highest BCUT2D eigenvalue weighted by molar-refractivity contribution is 9.10. The maximum atomic E-state index is 12.7. The van der Waals surface area contributed by atoms with Crippen LogP contribution in [0.15, 0.2) is 69.2 Å². The van der Waals surface area contributed by atoms with E-state index in [4.69, 9.17) is 11.6 Å². The molecule has 1 heterocycles. The molecule has 3 rings (SSSR count). The van der Waals surface area contributed by atoms with Crippen molar-refractivity contribution in [3.05, 3.63) is 69.8 Å². The summed E-state index contributed by atoms with van der Waals surface area (Å²) in [6, 6.07) is 14.2. The number of para-hydroxylation sites is 1. The summed E-state index contributed by atoms with van der Waals surface area (Å²) < 4.78 is 26.2. The zero-order valence-corrected chi connectivity index (χ0v) is 19.3. The van der Waals surface area contributed by atoms with E-state index in [0.29, 0.717) is 5.69 Å². The van der Waals surface area contributed by atoms with Crippen LogP contribution < -0.4 is 10.7 Å². The third kappa shape index (κ3) is 5.35. The van der Waals surface area contributed by atoms with Crippen molar-refractivity contribution in [2.45, 2.75) is 24.0 Å². The molecule has 7 nitrogen and oxygen atoms in total. The van der Waals surface area contributed by atoms with Gasteiger partial charge in [0.05, 0.1) is 28.2 Å². The van der Waals surface area contributed by atoms with Crippen LogP contribution in [0.4, 0.5) is 17.5 Å². The number of rotatable bonds is 7. The van der Waals surface area contributed by atoms with Crippen LogP contribution in [0, 0.1) is 0 Å². The standard InChI is InChI=1S/C20H19BrClN5O2S/c1-13(2)30(28,29)18-9-4-3-8-17(18)25-19-16(22)12-23-20(26-19)27-24-11-14-6-5-7-15(21)10-14/h3-13H,1-2H3,(H2,23,25,26,27)/b24-11+. The largest absolute Gasteiger partial charge is 0.338 e. The number of aromatic nitrogens is 2. The maximum Gasteiger partial charge on any atom is 0.245 e. The number of nitrogens with zero attached hydrogens (tertiary/aromatic N) is 3. The van der Waals surface area contributed by atoms with Crippen LogP contribution in [0.5, 0.6) is 0 Å². The quantitative estimate of drug-likeness (QED) is 0.334. The van der Waals surface area contributed by atoms with Gasteiger partial charge in [0, 0.05) is 4.47 Å². The molecule has 0 aliphatic carbocycles. The van der Waals surface area contributed by atoms with E-state index in [9.17, 15) is 8.42 Å². The number of halogens is 2. The first-order valence-corrected chi connectivity index (χ1v) is 11.7. The average molecular weight is 509 g/mol. The van der Waals surface area contributed by atoms with Gasteiger partial charge in [-0.25, -0.2) is 18.8 Å². The third-order valence-electron chi connectivity index (χ3n) is 4.04. The van der Waals surface area contributed by atoms with Gasteiger partial charge < -0.3 is 5.32 Å². The summed E-state index contributed by atoms with van der Waals surface area (Å²) in [7, 11) is -3.49. The zero-order valence-electron chi connectivity index (χ0n) is 16.2. The Bertz CT molecular complexity index is 1190. The first kappa shape index (κ1) is 22.2. The molecule has 1 aromatic heterocycles. The molecule has 0 fully saturated rings. The first-order valence-electron chi connectivity index (χ1n) is 8.94. The predicted molar refractivity (Wildman–Crippen MR) is 124 cm³/mol. The summed E-state index contributed by atoms with van der Waals surface area (Å²) in [6.45, 7) is 3.27. The highest BCUT2D eigenvalue weighted by atomic mass is 79.9. The van der Waals surface area contributed by atoms with Gasteiger partial charge in [0.15, 0.2) is 15.7 Å². The van der Waals surface area contributed by atoms with Crippen LogP contribution in [0.2, 0.25) is 5.02 Å². The number of benzene rings is 2. The number of hydrogen-bond donors (Lipinski definition) is 2. The molecule has 10 heteroatoms. The van der Waals surface area contributed by atoms with E-state index in [-0.39, 0.29) is 21.7 Å². The van der Waals surface area contributed by atoms with Crippen molar-refractivity contribution in [1.29, 1.82) is 0 Å². The SMILES string of the molecule is CC(C)S(=O)(=O)c1ccccc1Nc1nc(N/N=C/c2cccc(Br)c2)ncc1Cl. The van der Waals surface area contributed by atoms with Crippen LogP contribution >= 0.6 is 27.5 Å². The normalized spacial score (nSPS) is 11.8. The van der Waals surface area contributed by atoms with E-state index in [1.807, 2.05) is 24.3 Å². The Labute approximate surface area is 188 Å². The molecular weight excluding hydrogens is 490 g/mol. The molecule has 2 N–H and O–H groups in total. The van der Waals surface area contributed by atoms with Gasteiger partial charge >= 0.3 is 0 Å². The third-order valence-corrected chi connectivity index (χ3v) is 7.02. The van der Waals surface area contributed by atoms with Gasteiger partial charge in [-0.2, -0.15) is 10.1 Å². The Kier molecular flexibility index (Phi) is 7.06. The smallest absolute Gasteiger partial charge is 0.245 e. The van der Waals surface area contributed by atoms with E-state index >= 15 is 0 Å². The summed E-state index contributed by atoms with van der Waals surface area (Å²) in [5, 5.41) is 6.80. The maximum absolute atomic E-state index is 12.7. The highest BCUT2D eigenvalue weighted by Gasteiger charge is 2.23. The molecule has 0 atom stereocenters. The lowest BCUT2D eigenvalue weighted by Gasteiger charge is -2.15. The Hall–Kier alpha value is -2.49. The van der Waals surface area contributed by atoms with Crippen molar-refractivity contribution >= 4 is 61.0 Å². The fraction of sp³-hybridized carbons (Fsp3) is 0.150. The van der Waals surface area contributed by atoms with Gasteiger partial charge in [-0.1, -0.05) is 51.8 Å². The van der Waals surface area contributed by atoms with Crippen LogP contribution in [0.1, 0.15) is 19.4 Å². The molecule has 2 aromatic carbocycles. The van der Waals surface area contributed by atoms with Crippen LogP contribution in [0.3, 0.4) is 0 Å². The van der Waals surface area contributed by atoms with E-state index in [1.54, 1.807) is 44.3 Å². The van der Waals surface area contributed by atoms with Gasteiger partial charge in [-0.05, 0) is 43.7 Å². The second-order valence-electron chi connectivity index (χ2n) is 6.53. The van der Waals surface area contributed by atoms with Crippen LogP contribution in [-0.2, 0) is 9.84 Å². The molecule has 0 saturated carbocycles. The lowest BCUT2D eigenvalue weighted by molar-refractivity contribution is 0.588. The van der Waals surface area contributed by atoms with E-state index in [0.717, 1.165) is 10.0 Å². The van der Waals surface area contributed by atoms with Crippen LogP contribution in [-0.4, -0.2) is 29.9 Å². The molecule has 156 valence electrons. The number of sulfone groups is 1. The topological polar surface area (TPSA) is 96.3 Å². The molecule has 30 heavy (non-hydrogen) atoms. The Balaban J connectivity index is 1.83. The number of anilines is 3. The van der Waals surface area contributed by atoms with E-state index < -0.39 is 15.1 Å². The first-order chi connectivity index (χ1) is 14.3. The number of hydrazone groups is 1. The summed E-state index contributed by atoms with van der Waals surface area (Å²) in [6.07, 6.45) is 3.04. The Morgan fingerprint density at radius 1 is 1.17 bits per heavy atom. The lowest BCUT2D eigenvalue weighted by Crippen LogP contribution is -2.15. The highest BCUT2D eigenvalue weighted by Crippen LogP contribution is 2.30. The zero-order chi connectivity index (χ0) is 21.7. The van der Waals surface area contributed by atoms with Crippen molar-refractivity contribution in [3.63, 3.8) is 0 Å². The van der Waals surface area contributed by atoms with Crippen molar-refractivity contribution in [1.82, 2.24) is 9.97 Å². The van der Waals surface area contributed by atoms with Crippen molar-refractivity contribution < 1.29 is 8.42 Å².